The molecule has 0 spiro atoms. The summed E-state index contributed by atoms with van der Waals surface area (Å²) in [5.41, 5.74) is 0. The molecular formula is C9H16N2O2. The van der Waals surface area contributed by atoms with Gasteiger partial charge in [0.15, 0.2) is 0 Å². The van der Waals surface area contributed by atoms with Crippen LogP contribution >= 0.6 is 0 Å². The van der Waals surface area contributed by atoms with Gasteiger partial charge in [0, 0.05) is 19.1 Å². The Morgan fingerprint density at radius 2 is 2.38 bits per heavy atom. The minimum atomic E-state index is -0.00259. The van der Waals surface area contributed by atoms with Gasteiger partial charge >= 0.3 is 6.03 Å². The van der Waals surface area contributed by atoms with Crippen LogP contribution in [0.3, 0.4) is 0 Å². The largest absolute Gasteiger partial charge is 0.395 e. The van der Waals surface area contributed by atoms with Gasteiger partial charge in [0.05, 0.1) is 6.61 Å². The van der Waals surface area contributed by atoms with E-state index in [2.05, 4.69) is 5.32 Å². The number of hydrogen-bond acceptors (Lipinski definition) is 2. The van der Waals surface area contributed by atoms with Crippen LogP contribution in [-0.2, 0) is 0 Å². The number of fused-ring (bicyclic) bond motifs is 1. The number of urea groups is 1. The number of β-amino-alcohol motifs (C(OH)–C–C–N with tert-alkyl or cyclic N) is 1. The number of aliphatic hydroxyl groups excluding tert-OH is 1. The van der Waals surface area contributed by atoms with Gasteiger partial charge in [0.25, 0.3) is 0 Å². The Labute approximate surface area is 77.9 Å². The molecule has 2 amide bonds. The van der Waals surface area contributed by atoms with Gasteiger partial charge in [-0.05, 0) is 18.8 Å². The number of carbonyl (C=O) groups excluding carboxylic acids is 1. The van der Waals surface area contributed by atoms with Gasteiger partial charge in [-0.3, -0.25) is 0 Å². The van der Waals surface area contributed by atoms with Crippen LogP contribution in [-0.4, -0.2) is 41.8 Å². The molecule has 4 nitrogen and oxygen atoms in total. The fraction of sp³-hybridized carbons (Fsp3) is 0.889. The van der Waals surface area contributed by atoms with Crippen molar-refractivity contribution in [3.8, 4) is 0 Å². The third-order valence-electron chi connectivity index (χ3n) is 3.08. The molecule has 0 bridgehead atoms. The maximum atomic E-state index is 11.4. The maximum absolute atomic E-state index is 11.4. The second-order valence-electron chi connectivity index (χ2n) is 3.92. The summed E-state index contributed by atoms with van der Waals surface area (Å²) in [4.78, 5) is 13.1. The summed E-state index contributed by atoms with van der Waals surface area (Å²) in [5, 5.41) is 11.7. The normalized spacial score (nSPS) is 33.0. The lowest BCUT2D eigenvalue weighted by Gasteiger charge is -2.35. The minimum absolute atomic E-state index is 0.00259. The van der Waals surface area contributed by atoms with E-state index in [9.17, 15) is 4.79 Å². The van der Waals surface area contributed by atoms with Gasteiger partial charge in [-0.1, -0.05) is 6.42 Å². The van der Waals surface area contributed by atoms with Crippen molar-refractivity contribution in [2.45, 2.75) is 25.3 Å². The van der Waals surface area contributed by atoms with E-state index in [1.807, 2.05) is 0 Å². The molecule has 1 aliphatic carbocycles. The molecule has 0 aromatic rings. The Balaban J connectivity index is 1.97. The van der Waals surface area contributed by atoms with E-state index in [1.54, 1.807) is 4.90 Å². The molecule has 1 saturated heterocycles. The Kier molecular flexibility index (Phi) is 2.40. The third-order valence-corrected chi connectivity index (χ3v) is 3.08. The van der Waals surface area contributed by atoms with Gasteiger partial charge in [0.1, 0.15) is 0 Å². The molecular weight excluding hydrogens is 168 g/mol. The molecule has 4 heteroatoms. The SMILES string of the molecule is O=C1NC2CCCC2CN1CCO. The summed E-state index contributed by atoms with van der Waals surface area (Å²) in [6.45, 7) is 1.36. The smallest absolute Gasteiger partial charge is 0.317 e. The molecule has 2 rings (SSSR count). The van der Waals surface area contributed by atoms with Crippen molar-refractivity contribution in [1.29, 1.82) is 0 Å². The van der Waals surface area contributed by atoms with Crippen molar-refractivity contribution in [2.75, 3.05) is 19.7 Å². The number of nitrogens with one attached hydrogen (secondary N) is 1. The van der Waals surface area contributed by atoms with Crippen LogP contribution < -0.4 is 5.32 Å². The minimum Gasteiger partial charge on any atom is -0.395 e. The zero-order valence-corrected chi connectivity index (χ0v) is 7.70. The van der Waals surface area contributed by atoms with Crippen molar-refractivity contribution >= 4 is 6.03 Å². The summed E-state index contributed by atoms with van der Waals surface area (Å²) in [5.74, 6) is 0.615. The molecule has 1 heterocycles. The Morgan fingerprint density at radius 1 is 1.54 bits per heavy atom. The van der Waals surface area contributed by atoms with Crippen LogP contribution in [0.5, 0.6) is 0 Å². The lowest BCUT2D eigenvalue weighted by atomic mass is 10.0. The number of rotatable bonds is 2. The van der Waals surface area contributed by atoms with E-state index >= 15 is 0 Å². The molecule has 0 aromatic carbocycles. The molecule has 74 valence electrons. The van der Waals surface area contributed by atoms with Gasteiger partial charge in [-0.2, -0.15) is 0 Å². The van der Waals surface area contributed by atoms with Crippen LogP contribution in [0, 0.1) is 5.92 Å². The van der Waals surface area contributed by atoms with E-state index < -0.39 is 0 Å². The molecule has 2 atom stereocenters. The van der Waals surface area contributed by atoms with E-state index in [0.717, 1.165) is 13.0 Å². The first kappa shape index (κ1) is 8.81. The van der Waals surface area contributed by atoms with E-state index in [0.29, 0.717) is 18.5 Å². The van der Waals surface area contributed by atoms with Crippen LogP contribution in [0.15, 0.2) is 0 Å². The standard InChI is InChI=1S/C9H16N2O2/c12-5-4-11-6-7-2-1-3-8(7)10-9(11)13/h7-8,12H,1-6H2,(H,10,13). The zero-order valence-electron chi connectivity index (χ0n) is 7.70. The van der Waals surface area contributed by atoms with Gasteiger partial charge in [-0.15, -0.1) is 0 Å². The van der Waals surface area contributed by atoms with Gasteiger partial charge < -0.3 is 15.3 Å². The molecule has 13 heavy (non-hydrogen) atoms. The van der Waals surface area contributed by atoms with E-state index in [4.69, 9.17) is 5.11 Å². The summed E-state index contributed by atoms with van der Waals surface area (Å²) < 4.78 is 0. The number of hydrogen-bond donors (Lipinski definition) is 2. The van der Waals surface area contributed by atoms with Crippen molar-refractivity contribution in [1.82, 2.24) is 10.2 Å². The predicted octanol–water partition coefficient (Wildman–Crippen LogP) is 0.173. The average Bonchev–Trinajstić information content (AvgIpc) is 2.52. The van der Waals surface area contributed by atoms with Crippen LogP contribution in [0.1, 0.15) is 19.3 Å². The highest BCUT2D eigenvalue weighted by molar-refractivity contribution is 5.75. The highest BCUT2D eigenvalue weighted by Crippen LogP contribution is 2.29. The second kappa shape index (κ2) is 3.54. The van der Waals surface area contributed by atoms with Gasteiger partial charge in [-0.25, -0.2) is 4.79 Å². The number of aliphatic hydroxyl groups is 1. The van der Waals surface area contributed by atoms with Crippen molar-refractivity contribution < 1.29 is 9.90 Å². The molecule has 2 N–H and O–H groups in total. The lowest BCUT2D eigenvalue weighted by Crippen LogP contribution is -2.55. The predicted molar refractivity (Wildman–Crippen MR) is 48.3 cm³/mol. The van der Waals surface area contributed by atoms with Crippen molar-refractivity contribution in [3.05, 3.63) is 0 Å². The Bertz CT molecular complexity index is 208. The zero-order chi connectivity index (χ0) is 9.26. The summed E-state index contributed by atoms with van der Waals surface area (Å²) in [6, 6.07) is 0.402. The van der Waals surface area contributed by atoms with Crippen molar-refractivity contribution in [3.63, 3.8) is 0 Å². The molecule has 1 saturated carbocycles. The monoisotopic (exact) mass is 184 g/mol. The molecule has 2 fully saturated rings. The topological polar surface area (TPSA) is 52.6 Å². The van der Waals surface area contributed by atoms with E-state index in [1.165, 1.54) is 12.8 Å². The highest BCUT2D eigenvalue weighted by Gasteiger charge is 2.35. The number of amides is 2. The molecule has 0 aromatic heterocycles. The van der Waals surface area contributed by atoms with Crippen LogP contribution in [0.25, 0.3) is 0 Å². The van der Waals surface area contributed by atoms with Crippen LogP contribution in [0.4, 0.5) is 4.79 Å². The molecule has 1 aliphatic heterocycles. The van der Waals surface area contributed by atoms with Gasteiger partial charge in [0.2, 0.25) is 0 Å². The summed E-state index contributed by atoms with van der Waals surface area (Å²) >= 11 is 0. The quantitative estimate of drug-likeness (QED) is 0.643. The fourth-order valence-electron chi connectivity index (χ4n) is 2.37. The first-order valence-electron chi connectivity index (χ1n) is 4.97. The second-order valence-corrected chi connectivity index (χ2v) is 3.92. The van der Waals surface area contributed by atoms with E-state index in [-0.39, 0.29) is 12.6 Å². The van der Waals surface area contributed by atoms with Crippen molar-refractivity contribution in [2.24, 2.45) is 5.92 Å². The number of carbonyl (C=O) groups is 1. The summed E-state index contributed by atoms with van der Waals surface area (Å²) in [7, 11) is 0. The lowest BCUT2D eigenvalue weighted by molar-refractivity contribution is 0.138. The molecule has 2 aliphatic rings. The third kappa shape index (κ3) is 1.63. The maximum Gasteiger partial charge on any atom is 0.317 e. The molecule has 2 unspecified atom stereocenters. The molecule has 0 radical (unpaired) electrons. The summed E-state index contributed by atoms with van der Waals surface area (Å²) in [6.07, 6.45) is 3.57. The highest BCUT2D eigenvalue weighted by atomic mass is 16.3. The average molecular weight is 184 g/mol. The Hall–Kier alpha value is -0.770. The first-order valence-corrected chi connectivity index (χ1v) is 4.97. The number of nitrogens with zero attached hydrogens (tertiary/aromatic N) is 1. The van der Waals surface area contributed by atoms with Crippen LogP contribution in [0.2, 0.25) is 0 Å². The fourth-order valence-corrected chi connectivity index (χ4v) is 2.37. The Morgan fingerprint density at radius 3 is 3.15 bits per heavy atom. The first-order chi connectivity index (χ1) is 6.31.